The Labute approximate surface area is 238 Å². The fraction of sp³-hybridized carbons (Fsp3) is 0.613. The van der Waals surface area contributed by atoms with Crippen molar-refractivity contribution in [1.29, 1.82) is 0 Å². The molecule has 0 bridgehead atoms. The zero-order chi connectivity index (χ0) is 29.9. The SMILES string of the molecule is CCN(C(=O)OC(C)(C)C)c1cc(/C=C/CC2OC(C)(C)OC2C/C=C\C(C)CO)c2c(c1)OC(C)(C)OC2=O. The maximum atomic E-state index is 13.0. The minimum absolute atomic E-state index is 0.0717. The second kappa shape index (κ2) is 12.3. The van der Waals surface area contributed by atoms with Gasteiger partial charge in [0.25, 0.3) is 0 Å². The Balaban J connectivity index is 1.92. The van der Waals surface area contributed by atoms with Crippen molar-refractivity contribution >= 4 is 23.8 Å². The highest BCUT2D eigenvalue weighted by Gasteiger charge is 2.40. The quantitative estimate of drug-likeness (QED) is 0.280. The van der Waals surface area contributed by atoms with Gasteiger partial charge in [-0.2, -0.15) is 0 Å². The predicted octanol–water partition coefficient (Wildman–Crippen LogP) is 6.23. The molecular formula is C31H45NO8. The normalized spacial score (nSPS) is 22.6. The zero-order valence-corrected chi connectivity index (χ0v) is 25.3. The first-order chi connectivity index (χ1) is 18.5. The highest BCUT2D eigenvalue weighted by atomic mass is 16.8. The molecule has 1 N–H and O–H groups in total. The lowest BCUT2D eigenvalue weighted by Crippen LogP contribution is -2.40. The van der Waals surface area contributed by atoms with Crippen molar-refractivity contribution in [2.45, 2.75) is 105 Å². The van der Waals surface area contributed by atoms with Crippen LogP contribution in [0.25, 0.3) is 6.08 Å². The summed E-state index contributed by atoms with van der Waals surface area (Å²) in [5.74, 6) is -1.97. The molecule has 1 fully saturated rings. The van der Waals surface area contributed by atoms with Crippen LogP contribution < -0.4 is 9.64 Å². The number of cyclic esters (lactones) is 1. The Kier molecular flexibility index (Phi) is 9.75. The van der Waals surface area contributed by atoms with Crippen LogP contribution >= 0.6 is 0 Å². The van der Waals surface area contributed by atoms with E-state index in [-0.39, 0.29) is 24.7 Å². The summed E-state index contributed by atoms with van der Waals surface area (Å²) in [6, 6.07) is 3.44. The Bertz CT molecular complexity index is 1130. The average Bonchev–Trinajstić information content (AvgIpc) is 3.10. The molecule has 1 amide bonds. The van der Waals surface area contributed by atoms with Crippen LogP contribution in [0, 0.1) is 5.92 Å². The Hall–Kier alpha value is -2.88. The van der Waals surface area contributed by atoms with Crippen LogP contribution in [-0.4, -0.2) is 59.7 Å². The fourth-order valence-electron chi connectivity index (χ4n) is 4.65. The molecule has 1 aromatic carbocycles. The number of rotatable bonds is 9. The summed E-state index contributed by atoms with van der Waals surface area (Å²) in [6.07, 6.45) is 8.04. The fourth-order valence-corrected chi connectivity index (χ4v) is 4.65. The van der Waals surface area contributed by atoms with Crippen LogP contribution in [0.4, 0.5) is 10.5 Å². The topological polar surface area (TPSA) is 104 Å². The summed E-state index contributed by atoms with van der Waals surface area (Å²) in [7, 11) is 0. The van der Waals surface area contributed by atoms with Crippen LogP contribution in [0.2, 0.25) is 0 Å². The summed E-state index contributed by atoms with van der Waals surface area (Å²) >= 11 is 0. The molecule has 3 atom stereocenters. The van der Waals surface area contributed by atoms with Gasteiger partial charge in [-0.1, -0.05) is 31.2 Å². The summed E-state index contributed by atoms with van der Waals surface area (Å²) in [5.41, 5.74) is 0.730. The average molecular weight is 560 g/mol. The third kappa shape index (κ3) is 8.32. The van der Waals surface area contributed by atoms with Gasteiger partial charge in [-0.25, -0.2) is 9.59 Å². The number of amides is 1. The van der Waals surface area contributed by atoms with Gasteiger partial charge in [-0.05, 0) is 71.9 Å². The van der Waals surface area contributed by atoms with Crippen LogP contribution in [-0.2, 0) is 18.9 Å². The molecule has 0 aromatic heterocycles. The van der Waals surface area contributed by atoms with Gasteiger partial charge in [0, 0.05) is 33.1 Å². The number of carbonyl (C=O) groups excluding carboxylic acids is 2. The molecular weight excluding hydrogens is 514 g/mol. The smallest absolute Gasteiger partial charge is 0.414 e. The molecule has 222 valence electrons. The molecule has 0 spiro atoms. The van der Waals surface area contributed by atoms with Crippen LogP contribution in [0.5, 0.6) is 5.75 Å². The number of hydrogen-bond donors (Lipinski definition) is 1. The predicted molar refractivity (Wildman–Crippen MR) is 153 cm³/mol. The van der Waals surface area contributed by atoms with E-state index in [0.717, 1.165) is 0 Å². The number of carbonyl (C=O) groups is 2. The number of ether oxygens (including phenoxy) is 5. The van der Waals surface area contributed by atoms with Gasteiger partial charge in [0.2, 0.25) is 5.79 Å². The number of nitrogens with zero attached hydrogens (tertiary/aromatic N) is 1. The van der Waals surface area contributed by atoms with E-state index in [1.54, 1.807) is 26.0 Å². The van der Waals surface area contributed by atoms with Crippen molar-refractivity contribution in [2.75, 3.05) is 18.1 Å². The summed E-state index contributed by atoms with van der Waals surface area (Å²) in [6.45, 7) is 16.8. The number of anilines is 1. The van der Waals surface area contributed by atoms with Crippen LogP contribution in [0.15, 0.2) is 30.4 Å². The molecule has 9 nitrogen and oxygen atoms in total. The Morgan fingerprint density at radius 2 is 1.70 bits per heavy atom. The Morgan fingerprint density at radius 1 is 1.07 bits per heavy atom. The highest BCUT2D eigenvalue weighted by Crippen LogP contribution is 2.38. The van der Waals surface area contributed by atoms with E-state index in [1.807, 2.05) is 72.8 Å². The van der Waals surface area contributed by atoms with E-state index >= 15 is 0 Å². The van der Waals surface area contributed by atoms with Crippen molar-refractivity contribution in [3.8, 4) is 5.75 Å². The van der Waals surface area contributed by atoms with Crippen LogP contribution in [0.1, 0.15) is 91.1 Å². The molecule has 0 radical (unpaired) electrons. The maximum absolute atomic E-state index is 13.0. The van der Waals surface area contributed by atoms with Crippen molar-refractivity contribution in [1.82, 2.24) is 0 Å². The minimum atomic E-state index is -1.15. The van der Waals surface area contributed by atoms with Gasteiger partial charge in [0.05, 0.1) is 17.9 Å². The van der Waals surface area contributed by atoms with Gasteiger partial charge in [0.1, 0.15) is 16.9 Å². The van der Waals surface area contributed by atoms with Crippen molar-refractivity contribution < 1.29 is 38.4 Å². The molecule has 0 aliphatic carbocycles. The van der Waals surface area contributed by atoms with Gasteiger partial charge in [-0.3, -0.25) is 4.90 Å². The number of benzene rings is 1. The largest absolute Gasteiger partial charge is 0.452 e. The highest BCUT2D eigenvalue weighted by molar-refractivity contribution is 6.00. The standard InChI is InChI=1S/C31H45NO8/c1-10-32(28(35)40-29(3,4)5)22-17-21(26-25(18-22)38-31(8,9)39-27(26)34)14-12-16-24-23(36-30(6,7)37-24)15-11-13-20(2)19-33/h11-14,17-18,20,23-24,33H,10,15-16,19H2,1-9H3/b13-11-,14-12+. The molecule has 2 aliphatic rings. The molecule has 40 heavy (non-hydrogen) atoms. The first-order valence-corrected chi connectivity index (χ1v) is 13.9. The summed E-state index contributed by atoms with van der Waals surface area (Å²) < 4.78 is 29.4. The third-order valence-electron chi connectivity index (χ3n) is 6.33. The second-order valence-corrected chi connectivity index (χ2v) is 12.2. The molecule has 3 unspecified atom stereocenters. The molecule has 2 aliphatic heterocycles. The number of hydrogen-bond acceptors (Lipinski definition) is 8. The lowest BCUT2D eigenvalue weighted by molar-refractivity contribution is -0.145. The zero-order valence-electron chi connectivity index (χ0n) is 25.3. The van der Waals surface area contributed by atoms with E-state index in [9.17, 15) is 14.7 Å². The van der Waals surface area contributed by atoms with Gasteiger partial charge in [-0.15, -0.1) is 0 Å². The first-order valence-electron chi connectivity index (χ1n) is 13.9. The van der Waals surface area contributed by atoms with E-state index in [2.05, 4.69) is 0 Å². The van der Waals surface area contributed by atoms with E-state index < -0.39 is 29.2 Å². The molecule has 2 heterocycles. The van der Waals surface area contributed by atoms with Crippen molar-refractivity contribution in [3.05, 3.63) is 41.5 Å². The van der Waals surface area contributed by atoms with E-state index in [0.29, 0.717) is 42.0 Å². The van der Waals surface area contributed by atoms with Crippen molar-refractivity contribution in [3.63, 3.8) is 0 Å². The monoisotopic (exact) mass is 559 g/mol. The maximum Gasteiger partial charge on any atom is 0.414 e. The van der Waals surface area contributed by atoms with Crippen molar-refractivity contribution in [2.24, 2.45) is 5.92 Å². The van der Waals surface area contributed by atoms with Gasteiger partial charge in [0.15, 0.2) is 5.79 Å². The number of aliphatic hydroxyl groups excluding tert-OH is 1. The molecule has 1 aromatic rings. The Morgan fingerprint density at radius 3 is 2.27 bits per heavy atom. The first kappa shape index (κ1) is 31.6. The molecule has 9 heteroatoms. The van der Waals surface area contributed by atoms with Gasteiger partial charge >= 0.3 is 12.1 Å². The van der Waals surface area contributed by atoms with Crippen LogP contribution in [0.3, 0.4) is 0 Å². The second-order valence-electron chi connectivity index (χ2n) is 12.2. The molecule has 0 saturated carbocycles. The molecule has 1 saturated heterocycles. The summed E-state index contributed by atoms with van der Waals surface area (Å²) in [4.78, 5) is 27.5. The lowest BCUT2D eigenvalue weighted by Gasteiger charge is -2.33. The number of aliphatic hydroxyl groups is 1. The lowest BCUT2D eigenvalue weighted by atomic mass is 10.0. The third-order valence-corrected chi connectivity index (χ3v) is 6.33. The van der Waals surface area contributed by atoms with Gasteiger partial charge < -0.3 is 28.8 Å². The van der Waals surface area contributed by atoms with E-state index in [4.69, 9.17) is 23.7 Å². The summed E-state index contributed by atoms with van der Waals surface area (Å²) in [5, 5.41) is 9.28. The number of esters is 1. The molecule has 3 rings (SSSR count). The van der Waals surface area contributed by atoms with E-state index in [1.165, 1.54) is 4.90 Å². The number of fused-ring (bicyclic) bond motifs is 1. The minimum Gasteiger partial charge on any atom is -0.452 e.